The molecule has 1 aliphatic rings. The summed E-state index contributed by atoms with van der Waals surface area (Å²) >= 11 is 0. The normalized spacial score (nSPS) is 22.6. The number of methoxy groups -OCH3 is 1. The topological polar surface area (TPSA) is 75.3 Å². The van der Waals surface area contributed by atoms with Crippen molar-refractivity contribution >= 4 is 11.9 Å². The lowest BCUT2D eigenvalue weighted by atomic mass is 9.90. The zero-order valence-corrected chi connectivity index (χ0v) is 11.5. The van der Waals surface area contributed by atoms with Crippen LogP contribution in [-0.2, 0) is 16.0 Å². The van der Waals surface area contributed by atoms with E-state index >= 15 is 0 Å². The molecule has 1 aromatic rings. The fourth-order valence-electron chi connectivity index (χ4n) is 2.36. The molecule has 2 rings (SSSR count). The van der Waals surface area contributed by atoms with Gasteiger partial charge in [-0.25, -0.2) is 0 Å². The molecule has 19 heavy (non-hydrogen) atoms. The van der Waals surface area contributed by atoms with Crippen molar-refractivity contribution in [2.75, 3.05) is 20.2 Å². The maximum absolute atomic E-state index is 12.3. The quantitative estimate of drug-likeness (QED) is 0.827. The van der Waals surface area contributed by atoms with Crippen molar-refractivity contribution in [2.24, 2.45) is 5.41 Å². The number of likely N-dealkylation sites (tertiary alicyclic amines) is 1. The molecule has 104 valence electrons. The highest BCUT2D eigenvalue weighted by Crippen LogP contribution is 2.31. The van der Waals surface area contributed by atoms with E-state index in [1.54, 1.807) is 11.0 Å². The maximum atomic E-state index is 12.3. The average Bonchev–Trinajstić information content (AvgIpc) is 3.04. The summed E-state index contributed by atoms with van der Waals surface area (Å²) in [7, 11) is 1.37. The number of esters is 1. The van der Waals surface area contributed by atoms with Gasteiger partial charge in [-0.05, 0) is 25.8 Å². The van der Waals surface area contributed by atoms with E-state index in [0.29, 0.717) is 25.2 Å². The van der Waals surface area contributed by atoms with E-state index in [1.165, 1.54) is 7.11 Å². The van der Waals surface area contributed by atoms with Gasteiger partial charge in [-0.15, -0.1) is 0 Å². The van der Waals surface area contributed by atoms with E-state index in [2.05, 4.69) is 10.2 Å². The lowest BCUT2D eigenvalue weighted by molar-refractivity contribution is -0.150. The van der Waals surface area contributed by atoms with Crippen molar-refractivity contribution < 1.29 is 14.3 Å². The minimum absolute atomic E-state index is 0.136. The molecule has 1 N–H and O–H groups in total. The Morgan fingerprint density at radius 3 is 2.89 bits per heavy atom. The molecule has 1 amide bonds. The van der Waals surface area contributed by atoms with Crippen LogP contribution in [0.2, 0.25) is 0 Å². The number of nitrogens with one attached hydrogen (secondary N) is 1. The first-order chi connectivity index (χ1) is 9.00. The molecule has 0 spiro atoms. The van der Waals surface area contributed by atoms with E-state index < -0.39 is 5.41 Å². The van der Waals surface area contributed by atoms with Crippen LogP contribution in [0.15, 0.2) is 6.07 Å². The van der Waals surface area contributed by atoms with E-state index in [4.69, 9.17) is 4.74 Å². The largest absolute Gasteiger partial charge is 0.469 e. The van der Waals surface area contributed by atoms with Crippen LogP contribution in [0.3, 0.4) is 0 Å². The number of ether oxygens (including phenoxy) is 1. The molecule has 1 unspecified atom stereocenters. The van der Waals surface area contributed by atoms with Crippen LogP contribution >= 0.6 is 0 Å². The number of aromatic nitrogens is 2. The molecule has 1 aromatic heterocycles. The van der Waals surface area contributed by atoms with Crippen molar-refractivity contribution in [1.29, 1.82) is 0 Å². The van der Waals surface area contributed by atoms with Crippen molar-refractivity contribution in [3.8, 4) is 0 Å². The Bertz CT molecular complexity index is 497. The smallest absolute Gasteiger partial charge is 0.313 e. The van der Waals surface area contributed by atoms with E-state index in [0.717, 1.165) is 12.1 Å². The summed E-state index contributed by atoms with van der Waals surface area (Å²) in [5.74, 6) is -0.400. The Morgan fingerprint density at radius 2 is 2.32 bits per heavy atom. The molecule has 0 aliphatic carbocycles. The number of aryl methyl sites for hydroxylation is 1. The molecular formula is C13H19N3O3. The molecule has 6 nitrogen and oxygen atoms in total. The number of carbonyl (C=O) groups excluding carboxylic acids is 2. The first kappa shape index (κ1) is 13.6. The van der Waals surface area contributed by atoms with Gasteiger partial charge < -0.3 is 9.64 Å². The summed E-state index contributed by atoms with van der Waals surface area (Å²) < 4.78 is 4.79. The highest BCUT2D eigenvalue weighted by Gasteiger charge is 2.43. The van der Waals surface area contributed by atoms with Crippen LogP contribution in [0.1, 0.15) is 36.5 Å². The van der Waals surface area contributed by atoms with Gasteiger partial charge in [0.15, 0.2) is 0 Å². The monoisotopic (exact) mass is 265 g/mol. The number of carbonyl (C=O) groups is 2. The van der Waals surface area contributed by atoms with Gasteiger partial charge in [0.05, 0.1) is 12.5 Å². The number of hydrogen-bond acceptors (Lipinski definition) is 4. The molecule has 6 heteroatoms. The number of aromatic amines is 1. The summed E-state index contributed by atoms with van der Waals surface area (Å²) in [5, 5.41) is 6.84. The summed E-state index contributed by atoms with van der Waals surface area (Å²) in [4.78, 5) is 25.6. The van der Waals surface area contributed by atoms with E-state index in [1.807, 2.05) is 13.8 Å². The van der Waals surface area contributed by atoms with Gasteiger partial charge in [0.1, 0.15) is 5.69 Å². The molecule has 2 heterocycles. The van der Waals surface area contributed by atoms with Gasteiger partial charge in [-0.3, -0.25) is 14.7 Å². The van der Waals surface area contributed by atoms with E-state index in [-0.39, 0.29) is 11.9 Å². The fourth-order valence-corrected chi connectivity index (χ4v) is 2.36. The molecule has 0 bridgehead atoms. The Balaban J connectivity index is 2.08. The van der Waals surface area contributed by atoms with Gasteiger partial charge in [0.25, 0.3) is 5.91 Å². The SMILES string of the molecule is CCc1cc(C(=O)N2CCC(C)(C(=O)OC)C2)n[nH]1. The summed E-state index contributed by atoms with van der Waals surface area (Å²) in [6.45, 7) is 4.76. The van der Waals surface area contributed by atoms with Gasteiger partial charge in [-0.1, -0.05) is 6.92 Å². The van der Waals surface area contributed by atoms with E-state index in [9.17, 15) is 9.59 Å². The van der Waals surface area contributed by atoms with Crippen LogP contribution < -0.4 is 0 Å². The fraction of sp³-hybridized carbons (Fsp3) is 0.615. The molecule has 1 saturated heterocycles. The van der Waals surface area contributed by atoms with Gasteiger partial charge in [-0.2, -0.15) is 5.10 Å². The van der Waals surface area contributed by atoms with Crippen LogP contribution in [0.5, 0.6) is 0 Å². The number of H-pyrrole nitrogens is 1. The minimum Gasteiger partial charge on any atom is -0.469 e. The number of nitrogens with zero attached hydrogens (tertiary/aromatic N) is 2. The number of rotatable bonds is 3. The first-order valence-electron chi connectivity index (χ1n) is 6.42. The van der Waals surface area contributed by atoms with Crippen LogP contribution in [0, 0.1) is 5.41 Å². The lowest BCUT2D eigenvalue weighted by Crippen LogP contribution is -2.35. The Kier molecular flexibility index (Phi) is 3.59. The molecular weight excluding hydrogens is 246 g/mol. The number of amides is 1. The second kappa shape index (κ2) is 5.03. The Hall–Kier alpha value is -1.85. The van der Waals surface area contributed by atoms with Crippen molar-refractivity contribution in [2.45, 2.75) is 26.7 Å². The van der Waals surface area contributed by atoms with Crippen LogP contribution in [0.25, 0.3) is 0 Å². The van der Waals surface area contributed by atoms with Crippen molar-refractivity contribution in [1.82, 2.24) is 15.1 Å². The van der Waals surface area contributed by atoms with Gasteiger partial charge in [0, 0.05) is 18.8 Å². The van der Waals surface area contributed by atoms with Crippen LogP contribution in [-0.4, -0.2) is 47.2 Å². The highest BCUT2D eigenvalue weighted by atomic mass is 16.5. The molecule has 1 atom stereocenters. The second-order valence-electron chi connectivity index (χ2n) is 5.16. The minimum atomic E-state index is -0.603. The summed E-state index contributed by atoms with van der Waals surface area (Å²) in [5.41, 5.74) is 0.734. The number of hydrogen-bond donors (Lipinski definition) is 1. The lowest BCUT2D eigenvalue weighted by Gasteiger charge is -2.21. The van der Waals surface area contributed by atoms with Gasteiger partial charge in [0.2, 0.25) is 0 Å². The molecule has 0 aromatic carbocycles. The summed E-state index contributed by atoms with van der Waals surface area (Å²) in [6.07, 6.45) is 1.43. The summed E-state index contributed by atoms with van der Waals surface area (Å²) in [6, 6.07) is 1.76. The average molecular weight is 265 g/mol. The molecule has 0 radical (unpaired) electrons. The predicted molar refractivity (Wildman–Crippen MR) is 68.6 cm³/mol. The van der Waals surface area contributed by atoms with Crippen molar-refractivity contribution in [3.63, 3.8) is 0 Å². The molecule has 0 saturated carbocycles. The second-order valence-corrected chi connectivity index (χ2v) is 5.16. The Labute approximate surface area is 112 Å². The standard InChI is InChI=1S/C13H19N3O3/c1-4-9-7-10(15-14-9)11(17)16-6-5-13(2,8-16)12(18)19-3/h7H,4-6,8H2,1-3H3,(H,14,15). The molecule has 1 fully saturated rings. The van der Waals surface area contributed by atoms with Gasteiger partial charge >= 0.3 is 5.97 Å². The third-order valence-corrected chi connectivity index (χ3v) is 3.67. The predicted octanol–water partition coefficient (Wildman–Crippen LogP) is 0.997. The Morgan fingerprint density at radius 1 is 1.58 bits per heavy atom. The third kappa shape index (κ3) is 2.47. The zero-order valence-electron chi connectivity index (χ0n) is 11.5. The van der Waals surface area contributed by atoms with Crippen molar-refractivity contribution in [3.05, 3.63) is 17.5 Å². The first-order valence-corrected chi connectivity index (χ1v) is 6.42. The molecule has 1 aliphatic heterocycles. The highest BCUT2D eigenvalue weighted by molar-refractivity contribution is 5.93. The zero-order chi connectivity index (χ0) is 14.0. The van der Waals surface area contributed by atoms with Crippen LogP contribution in [0.4, 0.5) is 0 Å². The maximum Gasteiger partial charge on any atom is 0.313 e. The third-order valence-electron chi connectivity index (χ3n) is 3.67.